The third-order valence-electron chi connectivity index (χ3n) is 3.39. The fraction of sp³-hybridized carbons (Fsp3) is 0.381. The van der Waals surface area contributed by atoms with Gasteiger partial charge < -0.3 is 15.0 Å². The van der Waals surface area contributed by atoms with E-state index < -0.39 is 10.8 Å². The molecule has 0 radical (unpaired) electrons. The minimum Gasteiger partial charge on any atom is -0.491 e. The molecule has 30 heavy (non-hydrogen) atoms. The first-order chi connectivity index (χ1) is 14.3. The number of non-ortho nitro benzene ring substituents is 1. The van der Waals surface area contributed by atoms with Crippen LogP contribution in [-0.2, 0) is 0 Å². The van der Waals surface area contributed by atoms with Crippen molar-refractivity contribution in [1.82, 2.24) is 4.90 Å². The van der Waals surface area contributed by atoms with Gasteiger partial charge in [-0.3, -0.25) is 14.9 Å². The molecule has 0 aliphatic carbocycles. The SMILES string of the molecule is CC.CC.CN(C)CCOc1ccc(Cl)cc1C(=O)Nc1ccc([N+](=O)[O-])cc1Cl. The van der Waals surface area contributed by atoms with Crippen molar-refractivity contribution in [3.05, 3.63) is 62.1 Å². The van der Waals surface area contributed by atoms with Crippen LogP contribution in [0.1, 0.15) is 38.1 Å². The lowest BCUT2D eigenvalue weighted by atomic mass is 10.1. The van der Waals surface area contributed by atoms with Crippen LogP contribution in [-0.4, -0.2) is 43.0 Å². The highest BCUT2D eigenvalue weighted by molar-refractivity contribution is 6.34. The van der Waals surface area contributed by atoms with Gasteiger partial charge in [0, 0.05) is 23.7 Å². The number of halogens is 2. The van der Waals surface area contributed by atoms with E-state index in [-0.39, 0.29) is 22.0 Å². The zero-order chi connectivity index (χ0) is 23.3. The maximum atomic E-state index is 12.6. The summed E-state index contributed by atoms with van der Waals surface area (Å²) in [5.74, 6) is -0.102. The van der Waals surface area contributed by atoms with Crippen LogP contribution in [0.25, 0.3) is 0 Å². The Kier molecular flexibility index (Phi) is 13.5. The average Bonchev–Trinajstić information content (AvgIpc) is 2.73. The molecule has 0 heterocycles. The van der Waals surface area contributed by atoms with Gasteiger partial charge in [-0.05, 0) is 38.4 Å². The highest BCUT2D eigenvalue weighted by Gasteiger charge is 2.17. The third kappa shape index (κ3) is 8.98. The fourth-order valence-electron chi connectivity index (χ4n) is 2.05. The molecular weight excluding hydrogens is 429 g/mol. The number of carbonyl (C=O) groups is 1. The second kappa shape index (κ2) is 14.6. The van der Waals surface area contributed by atoms with Crippen molar-refractivity contribution in [3.63, 3.8) is 0 Å². The van der Waals surface area contributed by atoms with Crippen molar-refractivity contribution in [1.29, 1.82) is 0 Å². The molecule has 0 fully saturated rings. The number of amides is 1. The molecule has 9 heteroatoms. The number of carbonyl (C=O) groups excluding carboxylic acids is 1. The Labute approximate surface area is 188 Å². The number of hydrogen-bond acceptors (Lipinski definition) is 5. The molecule has 0 spiro atoms. The molecule has 0 unspecified atom stereocenters. The number of nitrogens with one attached hydrogen (secondary N) is 1. The molecule has 0 aliphatic heterocycles. The van der Waals surface area contributed by atoms with E-state index in [9.17, 15) is 14.9 Å². The topological polar surface area (TPSA) is 84.7 Å². The van der Waals surface area contributed by atoms with E-state index in [1.807, 2.05) is 46.7 Å². The van der Waals surface area contributed by atoms with E-state index >= 15 is 0 Å². The van der Waals surface area contributed by atoms with Gasteiger partial charge >= 0.3 is 0 Å². The molecular formula is C21H29Cl2N3O4. The van der Waals surface area contributed by atoms with Gasteiger partial charge in [0.2, 0.25) is 0 Å². The summed E-state index contributed by atoms with van der Waals surface area (Å²) >= 11 is 12.0. The van der Waals surface area contributed by atoms with Crippen molar-refractivity contribution in [2.45, 2.75) is 27.7 Å². The van der Waals surface area contributed by atoms with E-state index in [0.717, 1.165) is 0 Å². The minimum atomic E-state index is -0.564. The standard InChI is InChI=1S/C17H17Cl2N3O4.2C2H6/c1-21(2)7-8-26-16-6-3-11(18)9-13(16)17(23)20-15-5-4-12(22(24)25)10-14(15)19;2*1-2/h3-6,9-10H,7-8H2,1-2H3,(H,20,23);2*1-2H3. The van der Waals surface area contributed by atoms with E-state index in [1.165, 1.54) is 24.3 Å². The summed E-state index contributed by atoms with van der Waals surface area (Å²) in [5, 5.41) is 13.8. The molecule has 2 aromatic rings. The second-order valence-corrected chi connectivity index (χ2v) is 6.51. The van der Waals surface area contributed by atoms with Crippen molar-refractivity contribution in [3.8, 4) is 5.75 Å². The number of hydrogen-bond donors (Lipinski definition) is 1. The van der Waals surface area contributed by atoms with E-state index in [4.69, 9.17) is 27.9 Å². The fourth-order valence-corrected chi connectivity index (χ4v) is 2.45. The van der Waals surface area contributed by atoms with Gasteiger partial charge in [0.15, 0.2) is 0 Å². The summed E-state index contributed by atoms with van der Waals surface area (Å²) in [6, 6.07) is 8.53. The van der Waals surface area contributed by atoms with Crippen molar-refractivity contribution in [2.75, 3.05) is 32.6 Å². The summed E-state index contributed by atoms with van der Waals surface area (Å²) in [6.45, 7) is 9.07. The maximum Gasteiger partial charge on any atom is 0.271 e. The highest BCUT2D eigenvalue weighted by Crippen LogP contribution is 2.29. The smallest absolute Gasteiger partial charge is 0.271 e. The zero-order valence-electron chi connectivity index (χ0n) is 18.2. The summed E-state index contributed by atoms with van der Waals surface area (Å²) < 4.78 is 5.66. The highest BCUT2D eigenvalue weighted by atomic mass is 35.5. The maximum absolute atomic E-state index is 12.6. The van der Waals surface area contributed by atoms with Crippen LogP contribution in [0, 0.1) is 10.1 Å². The molecule has 0 aliphatic rings. The van der Waals surface area contributed by atoms with Gasteiger partial charge in [0.1, 0.15) is 12.4 Å². The number of benzene rings is 2. The molecule has 2 aromatic carbocycles. The first-order valence-electron chi connectivity index (χ1n) is 9.60. The molecule has 7 nitrogen and oxygen atoms in total. The normalized spacial score (nSPS) is 9.63. The Morgan fingerprint density at radius 1 is 1.10 bits per heavy atom. The largest absolute Gasteiger partial charge is 0.491 e. The van der Waals surface area contributed by atoms with Gasteiger partial charge in [-0.15, -0.1) is 0 Å². The third-order valence-corrected chi connectivity index (χ3v) is 3.94. The van der Waals surface area contributed by atoms with Crippen LogP contribution in [0.15, 0.2) is 36.4 Å². The predicted molar refractivity (Wildman–Crippen MR) is 124 cm³/mol. The van der Waals surface area contributed by atoms with Crippen LogP contribution >= 0.6 is 23.2 Å². The quantitative estimate of drug-likeness (QED) is 0.398. The predicted octanol–water partition coefficient (Wildman–Crippen LogP) is 6.15. The Morgan fingerprint density at radius 2 is 1.73 bits per heavy atom. The van der Waals surface area contributed by atoms with Gasteiger partial charge in [0.05, 0.1) is 21.2 Å². The second-order valence-electron chi connectivity index (χ2n) is 5.67. The monoisotopic (exact) mass is 457 g/mol. The van der Waals surface area contributed by atoms with Gasteiger partial charge in [-0.1, -0.05) is 50.9 Å². The Hall–Kier alpha value is -2.35. The molecule has 0 bridgehead atoms. The molecule has 1 N–H and O–H groups in total. The van der Waals surface area contributed by atoms with Crippen LogP contribution in [0.4, 0.5) is 11.4 Å². The van der Waals surface area contributed by atoms with Crippen LogP contribution in [0.5, 0.6) is 5.75 Å². The van der Waals surface area contributed by atoms with Crippen LogP contribution in [0.2, 0.25) is 10.0 Å². The number of rotatable bonds is 7. The molecule has 166 valence electrons. The first-order valence-corrected chi connectivity index (χ1v) is 10.4. The number of ether oxygens (including phenoxy) is 1. The lowest BCUT2D eigenvalue weighted by Gasteiger charge is -2.14. The summed E-state index contributed by atoms with van der Waals surface area (Å²) in [7, 11) is 3.82. The van der Waals surface area contributed by atoms with Crippen molar-refractivity contribution in [2.24, 2.45) is 0 Å². The summed E-state index contributed by atoms with van der Waals surface area (Å²) in [5.41, 5.74) is 0.329. The summed E-state index contributed by atoms with van der Waals surface area (Å²) in [4.78, 5) is 24.8. The molecule has 2 rings (SSSR count). The van der Waals surface area contributed by atoms with E-state index in [0.29, 0.717) is 23.9 Å². The molecule has 0 saturated heterocycles. The zero-order valence-corrected chi connectivity index (χ0v) is 19.7. The van der Waals surface area contributed by atoms with Crippen molar-refractivity contribution >= 4 is 40.5 Å². The van der Waals surface area contributed by atoms with Gasteiger partial charge in [0.25, 0.3) is 11.6 Å². The van der Waals surface area contributed by atoms with Gasteiger partial charge in [-0.25, -0.2) is 0 Å². The molecule has 1 amide bonds. The Balaban J connectivity index is 0.00000198. The number of nitrogens with zero attached hydrogens (tertiary/aromatic N) is 2. The number of likely N-dealkylation sites (N-methyl/N-ethyl adjacent to an activating group) is 1. The molecule has 0 atom stereocenters. The number of nitro groups is 1. The summed E-state index contributed by atoms with van der Waals surface area (Å²) in [6.07, 6.45) is 0. The number of anilines is 1. The first kappa shape index (κ1) is 27.6. The van der Waals surface area contributed by atoms with Crippen molar-refractivity contribution < 1.29 is 14.5 Å². The van der Waals surface area contributed by atoms with Gasteiger partial charge in [-0.2, -0.15) is 0 Å². The van der Waals surface area contributed by atoms with Crippen LogP contribution < -0.4 is 10.1 Å². The molecule has 0 saturated carbocycles. The lowest BCUT2D eigenvalue weighted by Crippen LogP contribution is -2.21. The Bertz CT molecular complexity index is 830. The van der Waals surface area contributed by atoms with E-state index in [2.05, 4.69) is 5.32 Å². The minimum absolute atomic E-state index is 0.0599. The molecule has 0 aromatic heterocycles. The number of nitro benzene ring substituents is 1. The Morgan fingerprint density at radius 3 is 2.27 bits per heavy atom. The van der Waals surface area contributed by atoms with E-state index in [1.54, 1.807) is 12.1 Å². The van der Waals surface area contributed by atoms with Crippen LogP contribution in [0.3, 0.4) is 0 Å². The average molecular weight is 458 g/mol. The lowest BCUT2D eigenvalue weighted by molar-refractivity contribution is -0.384.